The molecule has 1 aromatic heterocycles. The summed E-state index contributed by atoms with van der Waals surface area (Å²) in [6, 6.07) is -0.0330. The normalized spacial score (nSPS) is 31.4. The molecule has 2 fully saturated rings. The first-order valence-corrected chi connectivity index (χ1v) is 6.11. The molecule has 1 saturated heterocycles. The first kappa shape index (κ1) is 10.7. The highest BCUT2D eigenvalue weighted by Gasteiger charge is 2.42. The quantitative estimate of drug-likeness (QED) is 0.776. The number of fused-ring (bicyclic) bond motifs is 1. The van der Waals surface area contributed by atoms with Gasteiger partial charge in [-0.25, -0.2) is 0 Å². The van der Waals surface area contributed by atoms with E-state index in [1.165, 1.54) is 19.2 Å². The Kier molecular flexibility index (Phi) is 2.80. The van der Waals surface area contributed by atoms with E-state index >= 15 is 0 Å². The van der Waals surface area contributed by atoms with Crippen LogP contribution in [0.2, 0.25) is 0 Å². The number of nitrogens with zero attached hydrogens (tertiary/aromatic N) is 2. The van der Waals surface area contributed by atoms with E-state index in [2.05, 4.69) is 25.3 Å². The van der Waals surface area contributed by atoms with Crippen molar-refractivity contribution >= 4 is 5.91 Å². The maximum atomic E-state index is 12.0. The van der Waals surface area contributed by atoms with E-state index in [1.54, 1.807) is 0 Å². The molecule has 1 saturated carbocycles. The second kappa shape index (κ2) is 4.44. The predicted molar refractivity (Wildman–Crippen MR) is 58.8 cm³/mol. The van der Waals surface area contributed by atoms with Crippen LogP contribution in [0.15, 0.2) is 10.9 Å². The molecule has 3 rings (SSSR count). The van der Waals surface area contributed by atoms with Gasteiger partial charge in [0.05, 0.1) is 12.6 Å². The maximum absolute atomic E-state index is 12.0. The zero-order chi connectivity index (χ0) is 11.7. The minimum atomic E-state index is -0.0330. The van der Waals surface area contributed by atoms with Gasteiger partial charge in [0, 0.05) is 0 Å². The van der Waals surface area contributed by atoms with E-state index in [9.17, 15) is 4.79 Å². The van der Waals surface area contributed by atoms with Crippen LogP contribution in [0.4, 0.5) is 0 Å². The molecule has 2 heterocycles. The summed E-state index contributed by atoms with van der Waals surface area (Å²) in [5.74, 6) is 1.78. The van der Waals surface area contributed by atoms with Crippen molar-refractivity contribution in [3.05, 3.63) is 12.2 Å². The van der Waals surface area contributed by atoms with Crippen molar-refractivity contribution in [3.8, 4) is 0 Å². The molecule has 17 heavy (non-hydrogen) atoms. The third-order valence-electron chi connectivity index (χ3n) is 3.86. The zero-order valence-electron chi connectivity index (χ0n) is 9.56. The van der Waals surface area contributed by atoms with Crippen LogP contribution in [0.25, 0.3) is 0 Å². The maximum Gasteiger partial charge on any atom is 0.237 e. The summed E-state index contributed by atoms with van der Waals surface area (Å²) in [5, 5.41) is 9.83. The van der Waals surface area contributed by atoms with Crippen molar-refractivity contribution in [1.82, 2.24) is 20.8 Å². The van der Waals surface area contributed by atoms with Gasteiger partial charge in [-0.2, -0.15) is 4.98 Å². The molecular formula is C11H16N4O2. The third kappa shape index (κ3) is 2.04. The van der Waals surface area contributed by atoms with Gasteiger partial charge in [0.15, 0.2) is 5.82 Å². The number of carbonyl (C=O) groups is 1. The highest BCUT2D eigenvalue weighted by atomic mass is 16.5. The molecule has 1 aliphatic carbocycles. The molecule has 3 unspecified atom stereocenters. The minimum absolute atomic E-state index is 0.0330. The lowest BCUT2D eigenvalue weighted by Gasteiger charge is -2.16. The number of carbonyl (C=O) groups excluding carboxylic acids is 1. The second-order valence-electron chi connectivity index (χ2n) is 4.81. The van der Waals surface area contributed by atoms with Gasteiger partial charge in [0.2, 0.25) is 12.3 Å². The number of rotatable bonds is 3. The topological polar surface area (TPSA) is 80.1 Å². The highest BCUT2D eigenvalue weighted by molar-refractivity contribution is 5.82. The average Bonchev–Trinajstić information content (AvgIpc) is 3.02. The van der Waals surface area contributed by atoms with E-state index in [4.69, 9.17) is 0 Å². The third-order valence-corrected chi connectivity index (χ3v) is 3.86. The fourth-order valence-corrected chi connectivity index (χ4v) is 3.02. The summed E-state index contributed by atoms with van der Waals surface area (Å²) >= 11 is 0. The number of hydrogen-bond donors (Lipinski definition) is 2. The van der Waals surface area contributed by atoms with Gasteiger partial charge in [-0.1, -0.05) is 11.6 Å². The van der Waals surface area contributed by atoms with Crippen molar-refractivity contribution in [2.45, 2.75) is 31.8 Å². The van der Waals surface area contributed by atoms with E-state index in [1.807, 2.05) is 0 Å². The molecule has 1 amide bonds. The summed E-state index contributed by atoms with van der Waals surface area (Å²) in [6.07, 6.45) is 4.94. The standard InChI is InChI=1S/C11H16N4O2/c16-11(13-5-9-14-6-17-15-9)10-8-3-1-2-7(8)4-12-10/h6-8,10,12H,1-5H2,(H,13,16). The Morgan fingerprint density at radius 1 is 1.59 bits per heavy atom. The summed E-state index contributed by atoms with van der Waals surface area (Å²) in [5.41, 5.74) is 0. The van der Waals surface area contributed by atoms with E-state index in [0.29, 0.717) is 24.2 Å². The van der Waals surface area contributed by atoms with Crippen molar-refractivity contribution in [3.63, 3.8) is 0 Å². The monoisotopic (exact) mass is 236 g/mol. The van der Waals surface area contributed by atoms with E-state index in [-0.39, 0.29) is 11.9 Å². The summed E-state index contributed by atoms with van der Waals surface area (Å²) in [7, 11) is 0. The average molecular weight is 236 g/mol. The molecular weight excluding hydrogens is 220 g/mol. The molecule has 0 aromatic carbocycles. The molecule has 6 nitrogen and oxygen atoms in total. The van der Waals surface area contributed by atoms with Crippen LogP contribution in [0.5, 0.6) is 0 Å². The van der Waals surface area contributed by atoms with Gasteiger partial charge in [0.25, 0.3) is 0 Å². The molecule has 92 valence electrons. The Morgan fingerprint density at radius 2 is 2.53 bits per heavy atom. The molecule has 6 heteroatoms. The fraction of sp³-hybridized carbons (Fsp3) is 0.727. The Labute approximate surface area is 99.2 Å². The van der Waals surface area contributed by atoms with E-state index in [0.717, 1.165) is 13.0 Å². The largest absolute Gasteiger partial charge is 0.347 e. The first-order chi connectivity index (χ1) is 8.34. The molecule has 0 radical (unpaired) electrons. The lowest BCUT2D eigenvalue weighted by atomic mass is 9.94. The lowest BCUT2D eigenvalue weighted by Crippen LogP contribution is -2.43. The smallest absolute Gasteiger partial charge is 0.237 e. The number of nitrogens with one attached hydrogen (secondary N) is 2. The molecule has 2 aliphatic rings. The fourth-order valence-electron chi connectivity index (χ4n) is 3.02. The van der Waals surface area contributed by atoms with Crippen LogP contribution in [0, 0.1) is 11.8 Å². The second-order valence-corrected chi connectivity index (χ2v) is 4.81. The number of amides is 1. The molecule has 0 spiro atoms. The zero-order valence-corrected chi connectivity index (χ0v) is 9.56. The van der Waals surface area contributed by atoms with Gasteiger partial charge in [-0.05, 0) is 31.2 Å². The Balaban J connectivity index is 1.55. The predicted octanol–water partition coefficient (Wildman–Crippen LogP) is 0.0739. The van der Waals surface area contributed by atoms with Crippen LogP contribution >= 0.6 is 0 Å². The van der Waals surface area contributed by atoms with Gasteiger partial charge < -0.3 is 15.2 Å². The van der Waals surface area contributed by atoms with Crippen LogP contribution in [-0.2, 0) is 11.3 Å². The SMILES string of the molecule is O=C(NCc1ncon1)C1NCC2CCCC21. The van der Waals surface area contributed by atoms with Crippen LogP contribution < -0.4 is 10.6 Å². The Hall–Kier alpha value is -1.43. The summed E-state index contributed by atoms with van der Waals surface area (Å²) in [6.45, 7) is 1.32. The van der Waals surface area contributed by atoms with Crippen molar-refractivity contribution in [2.75, 3.05) is 6.54 Å². The van der Waals surface area contributed by atoms with Crippen molar-refractivity contribution < 1.29 is 9.32 Å². The van der Waals surface area contributed by atoms with Crippen molar-refractivity contribution in [1.29, 1.82) is 0 Å². The molecule has 1 aliphatic heterocycles. The van der Waals surface area contributed by atoms with Gasteiger partial charge in [-0.15, -0.1) is 0 Å². The summed E-state index contributed by atoms with van der Waals surface area (Å²) < 4.78 is 4.61. The van der Waals surface area contributed by atoms with Gasteiger partial charge in [0.1, 0.15) is 0 Å². The van der Waals surface area contributed by atoms with Crippen LogP contribution in [-0.4, -0.2) is 28.6 Å². The first-order valence-electron chi connectivity index (χ1n) is 6.11. The van der Waals surface area contributed by atoms with E-state index < -0.39 is 0 Å². The van der Waals surface area contributed by atoms with Crippen LogP contribution in [0.3, 0.4) is 0 Å². The van der Waals surface area contributed by atoms with Crippen molar-refractivity contribution in [2.24, 2.45) is 11.8 Å². The number of hydrogen-bond acceptors (Lipinski definition) is 5. The number of aromatic nitrogens is 2. The molecule has 0 bridgehead atoms. The highest BCUT2D eigenvalue weighted by Crippen LogP contribution is 2.37. The minimum Gasteiger partial charge on any atom is -0.347 e. The van der Waals surface area contributed by atoms with Crippen LogP contribution in [0.1, 0.15) is 25.1 Å². The van der Waals surface area contributed by atoms with Gasteiger partial charge >= 0.3 is 0 Å². The summed E-state index contributed by atoms with van der Waals surface area (Å²) in [4.78, 5) is 15.9. The Bertz CT molecular complexity index is 392. The molecule has 1 aromatic rings. The molecule has 2 N–H and O–H groups in total. The van der Waals surface area contributed by atoms with Gasteiger partial charge in [-0.3, -0.25) is 4.79 Å². The Morgan fingerprint density at radius 3 is 3.35 bits per heavy atom. The lowest BCUT2D eigenvalue weighted by molar-refractivity contribution is -0.124. The molecule has 3 atom stereocenters.